The molecule has 1 aromatic carbocycles. The lowest BCUT2D eigenvalue weighted by Crippen LogP contribution is -2.15. The van der Waals surface area contributed by atoms with Crippen LogP contribution in [0.1, 0.15) is 21.5 Å². The fourth-order valence-corrected chi connectivity index (χ4v) is 1.42. The number of benzene rings is 1. The summed E-state index contributed by atoms with van der Waals surface area (Å²) in [6.45, 7) is 1.75. The number of anilines is 1. The molecule has 0 aromatic heterocycles. The summed E-state index contributed by atoms with van der Waals surface area (Å²) in [6, 6.07) is 3.25. The number of methoxy groups -OCH3 is 1. The SMILES string of the molecule is COC(=O)Cc1cc(C)c(N)c(C(N)=O)c1. The zero-order valence-corrected chi connectivity index (χ0v) is 9.24. The van der Waals surface area contributed by atoms with Gasteiger partial charge < -0.3 is 16.2 Å². The molecule has 0 fully saturated rings. The van der Waals surface area contributed by atoms with E-state index in [1.165, 1.54) is 13.2 Å². The third-order valence-electron chi connectivity index (χ3n) is 2.29. The number of esters is 1. The van der Waals surface area contributed by atoms with E-state index in [0.717, 1.165) is 5.56 Å². The standard InChI is InChI=1S/C11H14N2O3/c1-6-3-7(5-9(14)16-2)4-8(10(6)12)11(13)15/h3-4H,5,12H2,1-2H3,(H2,13,15). The Bertz CT molecular complexity index is 441. The lowest BCUT2D eigenvalue weighted by Gasteiger charge is -2.08. The van der Waals surface area contributed by atoms with E-state index in [9.17, 15) is 9.59 Å². The average molecular weight is 222 g/mol. The maximum absolute atomic E-state index is 11.1. The Labute approximate surface area is 93.4 Å². The maximum Gasteiger partial charge on any atom is 0.309 e. The molecule has 1 rings (SSSR count). The van der Waals surface area contributed by atoms with E-state index in [0.29, 0.717) is 11.3 Å². The molecular weight excluding hydrogens is 208 g/mol. The van der Waals surface area contributed by atoms with Crippen LogP contribution in [0.3, 0.4) is 0 Å². The summed E-state index contributed by atoms with van der Waals surface area (Å²) in [5, 5.41) is 0. The Hall–Kier alpha value is -2.04. The molecule has 0 unspecified atom stereocenters. The first-order valence-electron chi connectivity index (χ1n) is 4.71. The molecule has 5 nitrogen and oxygen atoms in total. The van der Waals surface area contributed by atoms with E-state index < -0.39 is 5.91 Å². The first-order valence-corrected chi connectivity index (χ1v) is 4.71. The summed E-state index contributed by atoms with van der Waals surface area (Å²) in [6.07, 6.45) is 0.0951. The van der Waals surface area contributed by atoms with E-state index in [2.05, 4.69) is 4.74 Å². The molecule has 1 amide bonds. The average Bonchev–Trinajstić information content (AvgIpc) is 2.22. The molecule has 0 saturated carbocycles. The molecule has 0 atom stereocenters. The van der Waals surface area contributed by atoms with Crippen LogP contribution in [0.15, 0.2) is 12.1 Å². The van der Waals surface area contributed by atoms with E-state index in [1.54, 1.807) is 13.0 Å². The largest absolute Gasteiger partial charge is 0.469 e. The van der Waals surface area contributed by atoms with Crippen LogP contribution in [0.4, 0.5) is 5.69 Å². The van der Waals surface area contributed by atoms with Gasteiger partial charge in [0.2, 0.25) is 0 Å². The van der Waals surface area contributed by atoms with Crippen molar-refractivity contribution in [3.63, 3.8) is 0 Å². The lowest BCUT2D eigenvalue weighted by molar-refractivity contribution is -0.139. The fourth-order valence-electron chi connectivity index (χ4n) is 1.42. The molecule has 0 radical (unpaired) electrons. The Morgan fingerprint density at radius 2 is 2.00 bits per heavy atom. The van der Waals surface area contributed by atoms with E-state index in [4.69, 9.17) is 11.5 Å². The molecule has 5 heteroatoms. The van der Waals surface area contributed by atoms with Gasteiger partial charge in [-0.25, -0.2) is 0 Å². The highest BCUT2D eigenvalue weighted by Gasteiger charge is 2.12. The first-order chi connectivity index (χ1) is 7.45. The van der Waals surface area contributed by atoms with Crippen LogP contribution >= 0.6 is 0 Å². The molecule has 0 spiro atoms. The third-order valence-corrected chi connectivity index (χ3v) is 2.29. The van der Waals surface area contributed by atoms with Crippen molar-refractivity contribution in [2.24, 2.45) is 5.73 Å². The molecule has 0 aliphatic heterocycles. The van der Waals surface area contributed by atoms with Gasteiger partial charge in [0.15, 0.2) is 0 Å². The Morgan fingerprint density at radius 1 is 1.38 bits per heavy atom. The minimum Gasteiger partial charge on any atom is -0.469 e. The molecule has 86 valence electrons. The smallest absolute Gasteiger partial charge is 0.309 e. The summed E-state index contributed by atoms with van der Waals surface area (Å²) in [5.74, 6) is -0.980. The topological polar surface area (TPSA) is 95.4 Å². The van der Waals surface area contributed by atoms with Crippen LogP contribution in [0.2, 0.25) is 0 Å². The molecule has 4 N–H and O–H groups in total. The monoisotopic (exact) mass is 222 g/mol. The summed E-state index contributed by atoms with van der Waals surface area (Å²) in [5.41, 5.74) is 12.8. The predicted molar refractivity (Wildman–Crippen MR) is 59.8 cm³/mol. The van der Waals surface area contributed by atoms with Crippen molar-refractivity contribution in [1.29, 1.82) is 0 Å². The first kappa shape index (κ1) is 12.0. The molecule has 0 saturated heterocycles. The van der Waals surface area contributed by atoms with Gasteiger partial charge >= 0.3 is 5.97 Å². The second kappa shape index (κ2) is 4.65. The van der Waals surface area contributed by atoms with E-state index >= 15 is 0 Å². The van der Waals surface area contributed by atoms with Crippen molar-refractivity contribution in [3.05, 3.63) is 28.8 Å². The second-order valence-electron chi connectivity index (χ2n) is 3.49. The summed E-state index contributed by atoms with van der Waals surface area (Å²) in [4.78, 5) is 22.2. The van der Waals surface area contributed by atoms with Gasteiger partial charge in [-0.05, 0) is 24.1 Å². The van der Waals surface area contributed by atoms with Crippen molar-refractivity contribution >= 4 is 17.6 Å². The molecule has 0 aliphatic rings. The van der Waals surface area contributed by atoms with Gasteiger partial charge in [0, 0.05) is 5.69 Å². The summed E-state index contributed by atoms with van der Waals surface area (Å²) in [7, 11) is 1.31. The Kier molecular flexibility index (Phi) is 3.50. The predicted octanol–water partition coefficient (Wildman–Crippen LogP) is 0.392. The fraction of sp³-hybridized carbons (Fsp3) is 0.273. The van der Waals surface area contributed by atoms with Crippen molar-refractivity contribution in [2.45, 2.75) is 13.3 Å². The Morgan fingerprint density at radius 3 is 2.50 bits per heavy atom. The number of ether oxygens (including phenoxy) is 1. The van der Waals surface area contributed by atoms with Crippen LogP contribution in [0, 0.1) is 6.92 Å². The van der Waals surface area contributed by atoms with Crippen molar-refractivity contribution in [1.82, 2.24) is 0 Å². The number of carbonyl (C=O) groups excluding carboxylic acids is 2. The maximum atomic E-state index is 11.1. The minimum atomic E-state index is -0.604. The van der Waals surface area contributed by atoms with Crippen molar-refractivity contribution in [3.8, 4) is 0 Å². The van der Waals surface area contributed by atoms with Gasteiger partial charge in [0.1, 0.15) is 0 Å². The molecule has 0 bridgehead atoms. The number of carbonyl (C=O) groups is 2. The summed E-state index contributed by atoms with van der Waals surface area (Å²) >= 11 is 0. The van der Waals surface area contributed by atoms with Crippen molar-refractivity contribution < 1.29 is 14.3 Å². The van der Waals surface area contributed by atoms with Crippen LogP contribution < -0.4 is 11.5 Å². The lowest BCUT2D eigenvalue weighted by atomic mass is 10.0. The van der Waals surface area contributed by atoms with Gasteiger partial charge in [0.05, 0.1) is 19.1 Å². The van der Waals surface area contributed by atoms with Crippen LogP contribution in [-0.2, 0) is 16.0 Å². The zero-order chi connectivity index (χ0) is 12.3. The van der Waals surface area contributed by atoms with Gasteiger partial charge in [-0.1, -0.05) is 6.07 Å². The van der Waals surface area contributed by atoms with E-state index in [-0.39, 0.29) is 18.0 Å². The highest BCUT2D eigenvalue weighted by Crippen LogP contribution is 2.19. The van der Waals surface area contributed by atoms with E-state index in [1.807, 2.05) is 0 Å². The van der Waals surface area contributed by atoms with Crippen molar-refractivity contribution in [2.75, 3.05) is 12.8 Å². The van der Waals surface area contributed by atoms with Crippen LogP contribution in [0.5, 0.6) is 0 Å². The number of hydrogen-bond acceptors (Lipinski definition) is 4. The zero-order valence-electron chi connectivity index (χ0n) is 9.24. The number of hydrogen-bond donors (Lipinski definition) is 2. The minimum absolute atomic E-state index is 0.0951. The van der Waals surface area contributed by atoms with Gasteiger partial charge in [-0.15, -0.1) is 0 Å². The number of nitrogen functional groups attached to an aromatic ring is 1. The summed E-state index contributed by atoms with van der Waals surface area (Å²) < 4.78 is 4.54. The quantitative estimate of drug-likeness (QED) is 0.571. The third kappa shape index (κ3) is 2.50. The highest BCUT2D eigenvalue weighted by molar-refractivity contribution is 5.99. The number of primary amides is 1. The molecule has 0 heterocycles. The normalized spacial score (nSPS) is 9.88. The molecular formula is C11H14N2O3. The van der Waals surface area contributed by atoms with Crippen LogP contribution in [-0.4, -0.2) is 19.0 Å². The molecule has 16 heavy (non-hydrogen) atoms. The van der Waals surface area contributed by atoms with Gasteiger partial charge in [-0.2, -0.15) is 0 Å². The van der Waals surface area contributed by atoms with Gasteiger partial charge in [-0.3, -0.25) is 9.59 Å². The second-order valence-corrected chi connectivity index (χ2v) is 3.49. The number of nitrogens with two attached hydrogens (primary N) is 2. The highest BCUT2D eigenvalue weighted by atomic mass is 16.5. The Balaban J connectivity index is 3.14. The number of aryl methyl sites for hydroxylation is 1. The number of amides is 1. The molecule has 0 aliphatic carbocycles. The van der Waals surface area contributed by atoms with Gasteiger partial charge in [0.25, 0.3) is 5.91 Å². The van der Waals surface area contributed by atoms with Crippen LogP contribution in [0.25, 0.3) is 0 Å². The number of rotatable bonds is 3. The molecule has 1 aromatic rings.